The molecule has 0 saturated carbocycles. The Bertz CT molecular complexity index is 1330. The van der Waals surface area contributed by atoms with Crippen LogP contribution in [-0.4, -0.2) is 28.8 Å². The van der Waals surface area contributed by atoms with Gasteiger partial charge in [-0.15, -0.1) is 0 Å². The lowest BCUT2D eigenvalue weighted by Crippen LogP contribution is -2.34. The summed E-state index contributed by atoms with van der Waals surface area (Å²) in [4.78, 5) is 24.2. The van der Waals surface area contributed by atoms with Gasteiger partial charge in [-0.3, -0.25) is 4.79 Å². The number of hydrogen-bond acceptors (Lipinski definition) is 6. The van der Waals surface area contributed by atoms with E-state index in [9.17, 15) is 15.3 Å². The molecule has 6 nitrogen and oxygen atoms in total. The minimum absolute atomic E-state index is 0.0680. The molecule has 0 saturated heterocycles. The van der Waals surface area contributed by atoms with Crippen molar-refractivity contribution < 1.29 is 4.79 Å². The number of benzene rings is 2. The number of aryl methyl sites for hydroxylation is 2. The first-order valence-electron chi connectivity index (χ1n) is 11.1. The first-order chi connectivity index (χ1) is 16.2. The van der Waals surface area contributed by atoms with Gasteiger partial charge in [0.15, 0.2) is 11.4 Å². The van der Waals surface area contributed by atoms with E-state index in [1.165, 1.54) is 16.8 Å². The predicted molar refractivity (Wildman–Crippen MR) is 126 cm³/mol. The van der Waals surface area contributed by atoms with E-state index in [0.29, 0.717) is 5.56 Å². The fourth-order valence-electron chi connectivity index (χ4n) is 4.72. The summed E-state index contributed by atoms with van der Waals surface area (Å²) in [6, 6.07) is 17.0. The van der Waals surface area contributed by atoms with Crippen molar-refractivity contribution in [1.82, 2.24) is 9.97 Å². The lowest BCUT2D eigenvalue weighted by Gasteiger charge is -2.37. The molecular weight excluding hydrogens is 410 g/mol. The van der Waals surface area contributed by atoms with Crippen molar-refractivity contribution in [3.63, 3.8) is 0 Å². The topological polar surface area (TPSA) is 93.7 Å². The van der Waals surface area contributed by atoms with Crippen molar-refractivity contribution in [1.29, 1.82) is 10.5 Å². The Balaban J connectivity index is 1.58. The Morgan fingerprint density at radius 1 is 0.909 bits per heavy atom. The van der Waals surface area contributed by atoms with E-state index < -0.39 is 0 Å². The zero-order chi connectivity index (χ0) is 22.8. The average molecular weight is 431 g/mol. The third-order valence-electron chi connectivity index (χ3n) is 6.17. The molecule has 0 spiro atoms. The molecule has 6 heteroatoms. The molecule has 0 atom stereocenters. The van der Waals surface area contributed by atoms with Crippen molar-refractivity contribution in [3.05, 3.63) is 87.5 Å². The summed E-state index contributed by atoms with van der Waals surface area (Å²) >= 11 is 0. The van der Waals surface area contributed by atoms with Gasteiger partial charge in [-0.1, -0.05) is 36.4 Å². The van der Waals surface area contributed by atoms with Crippen LogP contribution in [0.25, 0.3) is 12.2 Å². The van der Waals surface area contributed by atoms with Crippen molar-refractivity contribution in [2.24, 2.45) is 0 Å². The first-order valence-corrected chi connectivity index (χ1v) is 11.1. The maximum absolute atomic E-state index is 13.1. The highest BCUT2D eigenvalue weighted by Gasteiger charge is 2.24. The largest absolute Gasteiger partial charge is 0.371 e. The van der Waals surface area contributed by atoms with E-state index in [0.717, 1.165) is 44.3 Å². The summed E-state index contributed by atoms with van der Waals surface area (Å²) in [5, 5.41) is 18.8. The standard InChI is InChI=1S/C27H21N5O/c28-16-23-24(17-29)31-25(27(33)19-6-2-1-3-7-19)22(30-23)11-10-18-14-20-8-4-12-32-13-5-9-21(15-18)26(20)32/h1-3,6-7,10-11,14-15H,4-5,8-9,12-13H2/b11-10+. The first kappa shape index (κ1) is 20.6. The molecule has 0 N–H and O–H groups in total. The summed E-state index contributed by atoms with van der Waals surface area (Å²) in [5.41, 5.74) is 5.74. The Morgan fingerprint density at radius 3 is 2.18 bits per heavy atom. The molecule has 0 aliphatic carbocycles. The molecular formula is C27H21N5O. The van der Waals surface area contributed by atoms with Gasteiger partial charge >= 0.3 is 0 Å². The zero-order valence-electron chi connectivity index (χ0n) is 18.1. The Morgan fingerprint density at radius 2 is 1.55 bits per heavy atom. The molecule has 2 aromatic carbocycles. The van der Waals surface area contributed by atoms with Crippen LogP contribution in [0.15, 0.2) is 42.5 Å². The fourth-order valence-corrected chi connectivity index (χ4v) is 4.72. The fraction of sp³-hybridized carbons (Fsp3) is 0.222. The molecule has 2 aliphatic rings. The highest BCUT2D eigenvalue weighted by Crippen LogP contribution is 2.36. The van der Waals surface area contributed by atoms with Crippen LogP contribution in [0.2, 0.25) is 0 Å². The monoisotopic (exact) mass is 431 g/mol. The van der Waals surface area contributed by atoms with Crippen LogP contribution < -0.4 is 4.90 Å². The van der Waals surface area contributed by atoms with Crippen LogP contribution in [0.4, 0.5) is 5.69 Å². The SMILES string of the molecule is N#Cc1nc(/C=C/c2cc3c4c(c2)CCCN4CCC3)c(C(=O)c2ccccc2)nc1C#N. The normalized spacial score (nSPS) is 14.4. The number of nitriles is 2. The molecule has 2 aliphatic heterocycles. The van der Waals surface area contributed by atoms with E-state index >= 15 is 0 Å². The van der Waals surface area contributed by atoms with Crippen molar-refractivity contribution in [2.75, 3.05) is 18.0 Å². The second kappa shape index (κ2) is 8.68. The molecule has 1 aromatic heterocycles. The van der Waals surface area contributed by atoms with Crippen molar-refractivity contribution in [2.45, 2.75) is 25.7 Å². The number of nitrogens with zero attached hydrogens (tertiary/aromatic N) is 5. The molecule has 160 valence electrons. The third kappa shape index (κ3) is 3.88. The van der Waals surface area contributed by atoms with Crippen LogP contribution in [0.5, 0.6) is 0 Å². The molecule has 3 heterocycles. The maximum Gasteiger partial charge on any atom is 0.213 e. The molecule has 0 amide bonds. The zero-order valence-corrected chi connectivity index (χ0v) is 18.1. The summed E-state index contributed by atoms with van der Waals surface area (Å²) in [6.07, 6.45) is 8.08. The Labute approximate surface area is 192 Å². The van der Waals surface area contributed by atoms with E-state index in [-0.39, 0.29) is 28.6 Å². The number of carbonyl (C=O) groups excluding carboxylic acids is 1. The number of rotatable bonds is 4. The van der Waals surface area contributed by atoms with Crippen LogP contribution in [-0.2, 0) is 12.8 Å². The Kier molecular flexibility index (Phi) is 5.42. The van der Waals surface area contributed by atoms with Crippen molar-refractivity contribution in [3.8, 4) is 12.1 Å². The quantitative estimate of drug-likeness (QED) is 0.571. The molecule has 5 rings (SSSR count). The molecule has 0 unspecified atom stereocenters. The number of hydrogen-bond donors (Lipinski definition) is 0. The lowest BCUT2D eigenvalue weighted by atomic mass is 9.90. The van der Waals surface area contributed by atoms with E-state index in [1.807, 2.05) is 24.3 Å². The van der Waals surface area contributed by atoms with Crippen molar-refractivity contribution >= 4 is 23.6 Å². The summed E-state index contributed by atoms with van der Waals surface area (Å²) in [6.45, 7) is 2.25. The molecule has 0 radical (unpaired) electrons. The summed E-state index contributed by atoms with van der Waals surface area (Å²) in [5.74, 6) is -0.333. The minimum atomic E-state index is -0.333. The number of carbonyl (C=O) groups is 1. The van der Waals surface area contributed by atoms with Gasteiger partial charge in [-0.25, -0.2) is 9.97 Å². The predicted octanol–water partition coefficient (Wildman–Crippen LogP) is 4.32. The van der Waals surface area contributed by atoms with Gasteiger partial charge in [0.1, 0.15) is 17.8 Å². The lowest BCUT2D eigenvalue weighted by molar-refractivity contribution is 0.103. The van der Waals surface area contributed by atoms with Gasteiger partial charge in [-0.2, -0.15) is 10.5 Å². The summed E-state index contributed by atoms with van der Waals surface area (Å²) in [7, 11) is 0. The van der Waals surface area contributed by atoms with Gasteiger partial charge in [0.05, 0.1) is 5.69 Å². The third-order valence-corrected chi connectivity index (χ3v) is 6.17. The molecule has 0 bridgehead atoms. The highest BCUT2D eigenvalue weighted by molar-refractivity contribution is 6.09. The van der Waals surface area contributed by atoms with E-state index in [2.05, 4.69) is 27.0 Å². The number of anilines is 1. The van der Waals surface area contributed by atoms with Gasteiger partial charge in [0.2, 0.25) is 5.78 Å². The van der Waals surface area contributed by atoms with Crippen LogP contribution in [0.1, 0.15) is 62.7 Å². The Hall–Kier alpha value is -4.29. The van der Waals surface area contributed by atoms with Gasteiger partial charge in [0.25, 0.3) is 0 Å². The van der Waals surface area contributed by atoms with Crippen LogP contribution in [0.3, 0.4) is 0 Å². The van der Waals surface area contributed by atoms with Crippen LogP contribution in [0, 0.1) is 22.7 Å². The van der Waals surface area contributed by atoms with Gasteiger partial charge in [0, 0.05) is 24.3 Å². The van der Waals surface area contributed by atoms with E-state index in [1.54, 1.807) is 30.3 Å². The molecule has 3 aromatic rings. The maximum atomic E-state index is 13.1. The van der Waals surface area contributed by atoms with Gasteiger partial charge < -0.3 is 4.90 Å². The van der Waals surface area contributed by atoms with Gasteiger partial charge in [-0.05, 0) is 60.6 Å². The van der Waals surface area contributed by atoms with Crippen LogP contribution >= 0.6 is 0 Å². The summed E-state index contributed by atoms with van der Waals surface area (Å²) < 4.78 is 0. The van der Waals surface area contributed by atoms with E-state index in [4.69, 9.17) is 0 Å². The second-order valence-electron chi connectivity index (χ2n) is 8.29. The smallest absolute Gasteiger partial charge is 0.213 e. The molecule has 0 fully saturated rings. The number of aromatic nitrogens is 2. The minimum Gasteiger partial charge on any atom is -0.371 e. The average Bonchev–Trinajstić information content (AvgIpc) is 2.87. The highest BCUT2D eigenvalue weighted by atomic mass is 16.1. The molecule has 33 heavy (non-hydrogen) atoms. The number of ketones is 1. The second-order valence-corrected chi connectivity index (χ2v) is 8.29.